The van der Waals surface area contributed by atoms with Crippen molar-refractivity contribution in [3.05, 3.63) is 54.1 Å². The number of likely N-dealkylation sites (tertiary alicyclic amines) is 1. The SMILES string of the molecule is Cc1cccc(Oc2ccc(NC(=O)N3CCCC(C(=O)O)C3)cc2)c1. The van der Waals surface area contributed by atoms with Gasteiger partial charge in [-0.25, -0.2) is 4.79 Å². The van der Waals surface area contributed by atoms with E-state index in [1.54, 1.807) is 29.2 Å². The van der Waals surface area contributed by atoms with Gasteiger partial charge in [-0.3, -0.25) is 4.79 Å². The number of nitrogens with one attached hydrogen (secondary N) is 1. The van der Waals surface area contributed by atoms with E-state index in [4.69, 9.17) is 9.84 Å². The molecule has 6 heteroatoms. The van der Waals surface area contributed by atoms with Crippen molar-refractivity contribution in [1.82, 2.24) is 4.90 Å². The number of aliphatic carboxylic acids is 1. The van der Waals surface area contributed by atoms with Gasteiger partial charge in [0.25, 0.3) is 0 Å². The molecule has 0 spiro atoms. The highest BCUT2D eigenvalue weighted by Gasteiger charge is 2.28. The minimum atomic E-state index is -0.847. The van der Waals surface area contributed by atoms with Gasteiger partial charge in [-0.15, -0.1) is 0 Å². The summed E-state index contributed by atoms with van der Waals surface area (Å²) in [4.78, 5) is 25.0. The quantitative estimate of drug-likeness (QED) is 0.866. The van der Waals surface area contributed by atoms with E-state index < -0.39 is 11.9 Å². The molecule has 0 radical (unpaired) electrons. The predicted molar refractivity (Wildman–Crippen MR) is 98.6 cm³/mol. The molecular weight excluding hydrogens is 332 g/mol. The number of hydrogen-bond acceptors (Lipinski definition) is 3. The van der Waals surface area contributed by atoms with Crippen molar-refractivity contribution in [2.45, 2.75) is 19.8 Å². The van der Waals surface area contributed by atoms with Crippen LogP contribution in [0.4, 0.5) is 10.5 Å². The lowest BCUT2D eigenvalue weighted by Crippen LogP contribution is -2.44. The number of urea groups is 1. The summed E-state index contributed by atoms with van der Waals surface area (Å²) in [5.41, 5.74) is 1.76. The van der Waals surface area contributed by atoms with Crippen LogP contribution in [0.2, 0.25) is 0 Å². The van der Waals surface area contributed by atoms with Crippen molar-refractivity contribution in [1.29, 1.82) is 0 Å². The maximum Gasteiger partial charge on any atom is 0.321 e. The first-order valence-corrected chi connectivity index (χ1v) is 8.64. The third kappa shape index (κ3) is 4.53. The molecule has 0 saturated carbocycles. The Balaban J connectivity index is 1.58. The molecule has 3 rings (SSSR count). The van der Waals surface area contributed by atoms with Crippen molar-refractivity contribution in [3.8, 4) is 11.5 Å². The smallest absolute Gasteiger partial charge is 0.321 e. The van der Waals surface area contributed by atoms with Crippen LogP contribution in [0.25, 0.3) is 0 Å². The van der Waals surface area contributed by atoms with Crippen LogP contribution in [0.15, 0.2) is 48.5 Å². The Morgan fingerprint density at radius 1 is 1.15 bits per heavy atom. The Morgan fingerprint density at radius 3 is 2.62 bits per heavy atom. The van der Waals surface area contributed by atoms with Gasteiger partial charge < -0.3 is 20.1 Å². The predicted octanol–water partition coefficient (Wildman–Crippen LogP) is 4.12. The molecule has 1 unspecified atom stereocenters. The minimum absolute atomic E-state index is 0.246. The van der Waals surface area contributed by atoms with E-state index in [-0.39, 0.29) is 12.6 Å². The third-order valence-corrected chi connectivity index (χ3v) is 4.39. The van der Waals surface area contributed by atoms with Crippen molar-refractivity contribution < 1.29 is 19.4 Å². The zero-order valence-electron chi connectivity index (χ0n) is 14.6. The van der Waals surface area contributed by atoms with E-state index >= 15 is 0 Å². The summed E-state index contributed by atoms with van der Waals surface area (Å²) in [6.45, 7) is 2.82. The lowest BCUT2D eigenvalue weighted by Gasteiger charge is -2.30. The maximum atomic E-state index is 12.3. The topological polar surface area (TPSA) is 78.9 Å². The normalized spacial score (nSPS) is 16.8. The van der Waals surface area contributed by atoms with Gasteiger partial charge >= 0.3 is 12.0 Å². The fourth-order valence-corrected chi connectivity index (χ4v) is 2.99. The molecule has 2 N–H and O–H groups in total. The largest absolute Gasteiger partial charge is 0.481 e. The van der Waals surface area contributed by atoms with E-state index in [0.717, 1.165) is 11.3 Å². The van der Waals surface area contributed by atoms with Crippen LogP contribution in [0.3, 0.4) is 0 Å². The molecule has 0 bridgehead atoms. The molecule has 2 amide bonds. The summed E-state index contributed by atoms with van der Waals surface area (Å²) in [6.07, 6.45) is 1.32. The van der Waals surface area contributed by atoms with Gasteiger partial charge in [0.2, 0.25) is 0 Å². The fourth-order valence-electron chi connectivity index (χ4n) is 2.99. The first-order chi connectivity index (χ1) is 12.5. The molecule has 1 saturated heterocycles. The molecular formula is C20H22N2O4. The summed E-state index contributed by atoms with van der Waals surface area (Å²) in [7, 11) is 0. The van der Waals surface area contributed by atoms with E-state index in [9.17, 15) is 9.59 Å². The Bertz CT molecular complexity index is 789. The molecule has 0 aliphatic carbocycles. The van der Waals surface area contributed by atoms with E-state index in [0.29, 0.717) is 30.8 Å². The van der Waals surface area contributed by atoms with Crippen LogP contribution < -0.4 is 10.1 Å². The number of benzene rings is 2. The number of hydrogen-bond donors (Lipinski definition) is 2. The highest BCUT2D eigenvalue weighted by atomic mass is 16.5. The molecule has 6 nitrogen and oxygen atoms in total. The fraction of sp³-hybridized carbons (Fsp3) is 0.300. The van der Waals surface area contributed by atoms with Crippen LogP contribution in [-0.4, -0.2) is 35.1 Å². The van der Waals surface area contributed by atoms with Crippen LogP contribution >= 0.6 is 0 Å². The highest BCUT2D eigenvalue weighted by Crippen LogP contribution is 2.24. The first-order valence-electron chi connectivity index (χ1n) is 8.64. The number of ether oxygens (including phenoxy) is 1. The third-order valence-electron chi connectivity index (χ3n) is 4.39. The van der Waals surface area contributed by atoms with E-state index in [1.165, 1.54) is 0 Å². The summed E-state index contributed by atoms with van der Waals surface area (Å²) in [5.74, 6) is 0.104. The minimum Gasteiger partial charge on any atom is -0.481 e. The zero-order valence-corrected chi connectivity index (χ0v) is 14.6. The average Bonchev–Trinajstić information content (AvgIpc) is 2.63. The zero-order chi connectivity index (χ0) is 18.5. The molecule has 1 heterocycles. The van der Waals surface area contributed by atoms with Crippen molar-refractivity contribution in [3.63, 3.8) is 0 Å². The van der Waals surface area contributed by atoms with E-state index in [2.05, 4.69) is 5.32 Å². The van der Waals surface area contributed by atoms with Crippen LogP contribution in [0, 0.1) is 12.8 Å². The summed E-state index contributed by atoms with van der Waals surface area (Å²) in [5, 5.41) is 11.9. The Hall–Kier alpha value is -3.02. The van der Waals surface area contributed by atoms with Crippen LogP contribution in [0.1, 0.15) is 18.4 Å². The van der Waals surface area contributed by atoms with Crippen molar-refractivity contribution in [2.24, 2.45) is 5.92 Å². The number of carboxylic acid groups (broad SMARTS) is 1. The molecule has 1 atom stereocenters. The number of aryl methyl sites for hydroxylation is 1. The molecule has 2 aromatic carbocycles. The lowest BCUT2D eigenvalue weighted by molar-refractivity contribution is -0.143. The monoisotopic (exact) mass is 354 g/mol. The summed E-state index contributed by atoms with van der Waals surface area (Å²) in [6, 6.07) is 14.6. The second-order valence-corrected chi connectivity index (χ2v) is 6.50. The summed E-state index contributed by atoms with van der Waals surface area (Å²) < 4.78 is 5.79. The molecule has 2 aromatic rings. The molecule has 1 aliphatic heterocycles. The molecule has 1 aliphatic rings. The number of amides is 2. The Morgan fingerprint density at radius 2 is 1.92 bits per heavy atom. The summed E-state index contributed by atoms with van der Waals surface area (Å²) >= 11 is 0. The first kappa shape index (κ1) is 17.8. The van der Waals surface area contributed by atoms with Gasteiger partial charge in [0.05, 0.1) is 5.92 Å². The number of anilines is 1. The molecule has 136 valence electrons. The second kappa shape index (κ2) is 7.91. The van der Waals surface area contributed by atoms with E-state index in [1.807, 2.05) is 31.2 Å². The number of carbonyl (C=O) groups is 2. The number of nitrogens with zero attached hydrogens (tertiary/aromatic N) is 1. The van der Waals surface area contributed by atoms with Gasteiger partial charge in [0.15, 0.2) is 0 Å². The molecule has 1 fully saturated rings. The Kier molecular flexibility index (Phi) is 5.41. The number of carboxylic acids is 1. The molecule has 26 heavy (non-hydrogen) atoms. The van der Waals surface area contributed by atoms with Crippen molar-refractivity contribution >= 4 is 17.7 Å². The lowest BCUT2D eigenvalue weighted by atomic mass is 9.99. The van der Waals surface area contributed by atoms with Crippen LogP contribution in [-0.2, 0) is 4.79 Å². The standard InChI is InChI=1S/C20H22N2O4/c1-14-4-2-6-18(12-14)26-17-9-7-16(8-10-17)21-20(25)22-11-3-5-15(13-22)19(23)24/h2,4,6-10,12,15H,3,5,11,13H2,1H3,(H,21,25)(H,23,24). The van der Waals surface area contributed by atoms with Gasteiger partial charge in [-0.05, 0) is 61.7 Å². The van der Waals surface area contributed by atoms with Gasteiger partial charge in [-0.1, -0.05) is 12.1 Å². The highest BCUT2D eigenvalue weighted by molar-refractivity contribution is 5.89. The maximum absolute atomic E-state index is 12.3. The number of piperidine rings is 1. The Labute approximate surface area is 152 Å². The van der Waals surface area contributed by atoms with Gasteiger partial charge in [0.1, 0.15) is 11.5 Å². The number of rotatable bonds is 4. The molecule has 0 aromatic heterocycles. The van der Waals surface area contributed by atoms with Crippen LogP contribution in [0.5, 0.6) is 11.5 Å². The van der Waals surface area contributed by atoms with Gasteiger partial charge in [0, 0.05) is 18.8 Å². The second-order valence-electron chi connectivity index (χ2n) is 6.50. The van der Waals surface area contributed by atoms with Crippen molar-refractivity contribution in [2.75, 3.05) is 18.4 Å². The average molecular weight is 354 g/mol. The van der Waals surface area contributed by atoms with Gasteiger partial charge in [-0.2, -0.15) is 0 Å². The number of carbonyl (C=O) groups excluding carboxylic acids is 1.